The first-order valence-corrected chi connectivity index (χ1v) is 11.2. The summed E-state index contributed by atoms with van der Waals surface area (Å²) in [5.74, 6) is 1.63. The number of methoxy groups -OCH3 is 1. The van der Waals surface area contributed by atoms with Crippen molar-refractivity contribution in [2.24, 2.45) is 4.99 Å². The Kier molecular flexibility index (Phi) is 9.81. The van der Waals surface area contributed by atoms with Crippen LogP contribution >= 0.6 is 0 Å². The molecule has 0 spiro atoms. The molecule has 2 aromatic rings. The third-order valence-electron chi connectivity index (χ3n) is 5.50. The number of rotatable bonds is 10. The number of nitrogens with zero attached hydrogens (tertiary/aromatic N) is 2. The first-order valence-electron chi connectivity index (χ1n) is 11.2. The molecular weight excluding hydrogens is 404 g/mol. The Morgan fingerprint density at radius 1 is 1.00 bits per heavy atom. The Morgan fingerprint density at radius 2 is 1.72 bits per heavy atom. The van der Waals surface area contributed by atoms with E-state index in [1.807, 2.05) is 0 Å². The van der Waals surface area contributed by atoms with Crippen molar-refractivity contribution in [1.82, 2.24) is 15.5 Å². The van der Waals surface area contributed by atoms with E-state index in [2.05, 4.69) is 69.9 Å². The minimum atomic E-state index is 0.528. The lowest BCUT2D eigenvalue weighted by Crippen LogP contribution is -2.37. The number of guanidine groups is 1. The summed E-state index contributed by atoms with van der Waals surface area (Å²) in [5.41, 5.74) is 4.87. The number of aryl methyl sites for hydroxylation is 1. The highest BCUT2D eigenvalue weighted by Crippen LogP contribution is 2.20. The van der Waals surface area contributed by atoms with Crippen LogP contribution in [0.4, 0.5) is 0 Å². The molecule has 0 saturated carbocycles. The fourth-order valence-electron chi connectivity index (χ4n) is 3.64. The fourth-order valence-corrected chi connectivity index (χ4v) is 3.64. The van der Waals surface area contributed by atoms with Gasteiger partial charge in [-0.2, -0.15) is 0 Å². The van der Waals surface area contributed by atoms with Crippen LogP contribution in [0.3, 0.4) is 0 Å². The van der Waals surface area contributed by atoms with Gasteiger partial charge in [-0.05, 0) is 29.7 Å². The van der Waals surface area contributed by atoms with Gasteiger partial charge < -0.3 is 24.8 Å². The highest BCUT2D eigenvalue weighted by Gasteiger charge is 2.13. The number of nitrogens with one attached hydrogen (secondary N) is 2. The maximum Gasteiger partial charge on any atom is 0.191 e. The smallest absolute Gasteiger partial charge is 0.191 e. The first kappa shape index (κ1) is 24.0. The number of ether oxygens (including phenoxy) is 3. The van der Waals surface area contributed by atoms with Crippen LogP contribution in [-0.4, -0.2) is 64.5 Å². The van der Waals surface area contributed by atoms with Gasteiger partial charge in [0.1, 0.15) is 12.4 Å². The highest BCUT2D eigenvalue weighted by atomic mass is 16.5. The number of hydrogen-bond donors (Lipinski definition) is 2. The molecule has 0 aliphatic carbocycles. The van der Waals surface area contributed by atoms with E-state index in [4.69, 9.17) is 14.2 Å². The summed E-state index contributed by atoms with van der Waals surface area (Å²) < 4.78 is 16.5. The Hall–Kier alpha value is -2.61. The molecule has 174 valence electrons. The van der Waals surface area contributed by atoms with E-state index in [1.54, 1.807) is 14.2 Å². The van der Waals surface area contributed by atoms with Gasteiger partial charge in [-0.3, -0.25) is 9.89 Å². The summed E-state index contributed by atoms with van der Waals surface area (Å²) in [5, 5.41) is 6.86. The van der Waals surface area contributed by atoms with Gasteiger partial charge in [0.05, 0.1) is 19.8 Å². The molecule has 1 aliphatic heterocycles. The van der Waals surface area contributed by atoms with Crippen LogP contribution in [0.15, 0.2) is 47.5 Å². The molecule has 0 radical (unpaired) electrons. The van der Waals surface area contributed by atoms with E-state index in [1.165, 1.54) is 16.7 Å². The monoisotopic (exact) mass is 440 g/mol. The molecule has 0 amide bonds. The molecule has 1 heterocycles. The van der Waals surface area contributed by atoms with Crippen molar-refractivity contribution in [1.29, 1.82) is 0 Å². The van der Waals surface area contributed by atoms with Crippen molar-refractivity contribution in [3.63, 3.8) is 0 Å². The summed E-state index contributed by atoms with van der Waals surface area (Å²) in [6, 6.07) is 14.8. The minimum Gasteiger partial charge on any atom is -0.491 e. The number of morpholine rings is 1. The third kappa shape index (κ3) is 7.51. The normalized spacial score (nSPS) is 14.9. The van der Waals surface area contributed by atoms with Crippen LogP contribution < -0.4 is 15.4 Å². The van der Waals surface area contributed by atoms with Crippen LogP contribution in [0.2, 0.25) is 0 Å². The highest BCUT2D eigenvalue weighted by molar-refractivity contribution is 5.79. The van der Waals surface area contributed by atoms with E-state index >= 15 is 0 Å². The molecule has 32 heavy (non-hydrogen) atoms. The Balaban J connectivity index is 1.56. The topological polar surface area (TPSA) is 67.4 Å². The maximum atomic E-state index is 5.90. The quantitative estimate of drug-likeness (QED) is 0.336. The van der Waals surface area contributed by atoms with Crippen molar-refractivity contribution in [2.75, 3.05) is 53.7 Å². The summed E-state index contributed by atoms with van der Waals surface area (Å²) in [4.78, 5) is 6.84. The van der Waals surface area contributed by atoms with Gasteiger partial charge in [-0.1, -0.05) is 36.4 Å². The summed E-state index contributed by atoms with van der Waals surface area (Å²) >= 11 is 0. The molecule has 2 aromatic carbocycles. The summed E-state index contributed by atoms with van der Waals surface area (Å²) in [6.45, 7) is 9.03. The van der Waals surface area contributed by atoms with Gasteiger partial charge in [0.15, 0.2) is 5.96 Å². The fraction of sp³-hybridized carbons (Fsp3) is 0.480. The summed E-state index contributed by atoms with van der Waals surface area (Å²) in [7, 11) is 3.47. The zero-order valence-corrected chi connectivity index (χ0v) is 19.5. The molecule has 1 saturated heterocycles. The molecule has 0 unspecified atom stereocenters. The lowest BCUT2D eigenvalue weighted by atomic mass is 10.1. The molecule has 3 rings (SSSR count). The van der Waals surface area contributed by atoms with Gasteiger partial charge in [0.2, 0.25) is 0 Å². The predicted molar refractivity (Wildman–Crippen MR) is 128 cm³/mol. The number of aliphatic imine (C=N–C) groups is 1. The molecule has 2 N–H and O–H groups in total. The van der Waals surface area contributed by atoms with Crippen LogP contribution in [0.25, 0.3) is 0 Å². The van der Waals surface area contributed by atoms with E-state index in [0.29, 0.717) is 26.3 Å². The Bertz CT molecular complexity index is 866. The van der Waals surface area contributed by atoms with Crippen molar-refractivity contribution in [3.8, 4) is 5.75 Å². The van der Waals surface area contributed by atoms with E-state index in [-0.39, 0.29) is 0 Å². The largest absolute Gasteiger partial charge is 0.491 e. The molecule has 7 heteroatoms. The predicted octanol–water partition coefficient (Wildman–Crippen LogP) is 2.72. The van der Waals surface area contributed by atoms with Gasteiger partial charge in [0.25, 0.3) is 0 Å². The molecule has 1 aliphatic rings. The van der Waals surface area contributed by atoms with Gasteiger partial charge in [-0.25, -0.2) is 0 Å². The SMILES string of the molecule is CN=C(NCc1ccccc1CN1CCOCC1)NCc1ccc(C)cc1OCCOC. The van der Waals surface area contributed by atoms with Crippen molar-refractivity contribution in [2.45, 2.75) is 26.6 Å². The van der Waals surface area contributed by atoms with Gasteiger partial charge >= 0.3 is 0 Å². The number of benzene rings is 2. The van der Waals surface area contributed by atoms with E-state index in [9.17, 15) is 0 Å². The van der Waals surface area contributed by atoms with Crippen molar-refractivity contribution >= 4 is 5.96 Å². The summed E-state index contributed by atoms with van der Waals surface area (Å²) in [6.07, 6.45) is 0. The van der Waals surface area contributed by atoms with Crippen LogP contribution in [0, 0.1) is 6.92 Å². The Labute approximate surface area is 191 Å². The molecule has 0 aromatic heterocycles. The van der Waals surface area contributed by atoms with Crippen LogP contribution in [-0.2, 0) is 29.1 Å². The molecule has 0 atom stereocenters. The molecule has 7 nitrogen and oxygen atoms in total. The number of hydrogen-bond acceptors (Lipinski definition) is 5. The molecule has 1 fully saturated rings. The molecular formula is C25H36N4O3. The maximum absolute atomic E-state index is 5.90. The van der Waals surface area contributed by atoms with Gasteiger partial charge in [0, 0.05) is 52.4 Å². The second-order valence-electron chi connectivity index (χ2n) is 7.89. The lowest BCUT2D eigenvalue weighted by molar-refractivity contribution is 0.0341. The standard InChI is InChI=1S/C25H36N4O3/c1-20-8-9-22(24(16-20)32-15-14-30-3)18-28-25(26-2)27-17-21-6-4-5-7-23(21)19-29-10-12-31-13-11-29/h4-9,16H,10-15,17-19H2,1-3H3,(H2,26,27,28). The second kappa shape index (κ2) is 13.1. The Morgan fingerprint density at radius 3 is 2.44 bits per heavy atom. The van der Waals surface area contributed by atoms with Crippen LogP contribution in [0.5, 0.6) is 5.75 Å². The van der Waals surface area contributed by atoms with Crippen molar-refractivity contribution < 1.29 is 14.2 Å². The third-order valence-corrected chi connectivity index (χ3v) is 5.50. The average Bonchev–Trinajstić information content (AvgIpc) is 2.82. The molecule has 0 bridgehead atoms. The average molecular weight is 441 g/mol. The zero-order chi connectivity index (χ0) is 22.6. The van der Waals surface area contributed by atoms with Gasteiger partial charge in [-0.15, -0.1) is 0 Å². The lowest BCUT2D eigenvalue weighted by Gasteiger charge is -2.27. The second-order valence-corrected chi connectivity index (χ2v) is 7.89. The minimum absolute atomic E-state index is 0.528. The van der Waals surface area contributed by atoms with E-state index < -0.39 is 0 Å². The van der Waals surface area contributed by atoms with E-state index in [0.717, 1.165) is 50.1 Å². The first-order chi connectivity index (χ1) is 15.7. The van der Waals surface area contributed by atoms with Crippen molar-refractivity contribution in [3.05, 3.63) is 64.7 Å². The zero-order valence-electron chi connectivity index (χ0n) is 19.5. The van der Waals surface area contributed by atoms with Crippen LogP contribution in [0.1, 0.15) is 22.3 Å².